The van der Waals surface area contributed by atoms with E-state index in [1.165, 1.54) is 55.2 Å². The molecule has 0 aromatic rings. The van der Waals surface area contributed by atoms with Crippen molar-refractivity contribution in [3.63, 3.8) is 0 Å². The van der Waals surface area contributed by atoms with E-state index < -0.39 is 17.7 Å². The molecule has 1 aliphatic rings. The maximum Gasteiger partial charge on any atom is 0.306 e. The summed E-state index contributed by atoms with van der Waals surface area (Å²) in [6.45, 7) is 15.3. The lowest BCUT2D eigenvalue weighted by molar-refractivity contribution is -0.141. The summed E-state index contributed by atoms with van der Waals surface area (Å²) < 4.78 is 6.33. The Morgan fingerprint density at radius 1 is 1.05 bits per heavy atom. The number of carbonyl (C=O) groups is 1. The summed E-state index contributed by atoms with van der Waals surface area (Å²) in [6, 6.07) is 0. The Bertz CT molecular complexity index is 837. The minimum atomic E-state index is -0.762. The van der Waals surface area contributed by atoms with E-state index in [1.54, 1.807) is 6.92 Å². The van der Waals surface area contributed by atoms with E-state index in [-0.39, 0.29) is 11.8 Å². The normalized spacial score (nSPS) is 20.9. The third kappa shape index (κ3) is 16.0. The van der Waals surface area contributed by atoms with Gasteiger partial charge in [0.25, 0.3) is 0 Å². The van der Waals surface area contributed by atoms with Gasteiger partial charge in [-0.25, -0.2) is 0 Å². The molecule has 0 aromatic heterocycles. The molecule has 0 bridgehead atoms. The van der Waals surface area contributed by atoms with Crippen LogP contribution in [0.5, 0.6) is 0 Å². The Labute approximate surface area is 252 Å². The molecule has 5 nitrogen and oxygen atoms in total. The Kier molecular flexibility index (Phi) is 18.6. The van der Waals surface area contributed by atoms with E-state index in [9.17, 15) is 15.0 Å². The second kappa shape index (κ2) is 20.3. The number of rotatable bonds is 23. The number of carboxylic acid groups (broad SMARTS) is 1. The number of carboxylic acids is 1. The van der Waals surface area contributed by atoms with E-state index in [2.05, 4.69) is 40.7 Å². The standard InChI is InChI=1S/C36H64O5/c1-8-9-10-11-12-13-25-41-34-31(6)30(5)33(37)26-32(34)22-21-28(3)18-14-17-27(2)19-15-23-36(7,40)24-16-20-29(4)35(38)39/h19,26,28-30,33,37,40H,8-18,20-25H2,1-7H3,(H,38,39)/b27-19+. The molecule has 0 saturated heterocycles. The zero-order chi connectivity index (χ0) is 30.8. The predicted octanol–water partition coefficient (Wildman–Crippen LogP) is 9.53. The maximum absolute atomic E-state index is 11.0. The smallest absolute Gasteiger partial charge is 0.306 e. The number of hydrogen-bond acceptors (Lipinski definition) is 4. The summed E-state index contributed by atoms with van der Waals surface area (Å²) in [7, 11) is 0. The molecule has 5 atom stereocenters. The third-order valence-electron chi connectivity index (χ3n) is 9.09. The molecule has 5 unspecified atom stereocenters. The van der Waals surface area contributed by atoms with E-state index >= 15 is 0 Å². The highest BCUT2D eigenvalue weighted by Crippen LogP contribution is 2.34. The van der Waals surface area contributed by atoms with Crippen molar-refractivity contribution in [1.82, 2.24) is 0 Å². The monoisotopic (exact) mass is 576 g/mol. The van der Waals surface area contributed by atoms with E-state index in [4.69, 9.17) is 9.84 Å². The summed E-state index contributed by atoms with van der Waals surface area (Å²) in [5.74, 6) is 0.635. The van der Waals surface area contributed by atoms with Gasteiger partial charge in [0.05, 0.1) is 24.2 Å². The van der Waals surface area contributed by atoms with Gasteiger partial charge in [-0.2, -0.15) is 0 Å². The van der Waals surface area contributed by atoms with Gasteiger partial charge in [0.2, 0.25) is 0 Å². The zero-order valence-electron chi connectivity index (χ0n) is 27.6. The molecule has 0 spiro atoms. The first-order valence-corrected chi connectivity index (χ1v) is 16.7. The van der Waals surface area contributed by atoms with Gasteiger partial charge < -0.3 is 20.1 Å². The number of hydrogen-bond donors (Lipinski definition) is 3. The lowest BCUT2D eigenvalue weighted by Gasteiger charge is -2.29. The second-order valence-corrected chi connectivity index (χ2v) is 13.4. The fraction of sp³-hybridized carbons (Fsp3) is 0.806. The van der Waals surface area contributed by atoms with Crippen LogP contribution < -0.4 is 0 Å². The first-order valence-electron chi connectivity index (χ1n) is 16.7. The number of unbranched alkanes of at least 4 members (excludes halogenated alkanes) is 5. The number of aliphatic carboxylic acids is 1. The highest BCUT2D eigenvalue weighted by molar-refractivity contribution is 5.69. The Balaban J connectivity index is 2.40. The SMILES string of the molecule is CCCCCCCCOC1=C(C)C(C)C(O)C=C1CCC(C)CCC/C(C)=C/CCC(C)(O)CCCC(C)C(=O)O. The quantitative estimate of drug-likeness (QED) is 0.0833. The van der Waals surface area contributed by atoms with Crippen LogP contribution in [0, 0.1) is 17.8 Å². The largest absolute Gasteiger partial charge is 0.493 e. The van der Waals surface area contributed by atoms with Gasteiger partial charge in [0, 0.05) is 5.92 Å². The van der Waals surface area contributed by atoms with Crippen LogP contribution in [0.4, 0.5) is 0 Å². The first kappa shape index (κ1) is 37.4. The summed E-state index contributed by atoms with van der Waals surface area (Å²) in [5, 5.41) is 30.3. The fourth-order valence-electron chi connectivity index (χ4n) is 5.65. The highest BCUT2D eigenvalue weighted by Gasteiger charge is 2.26. The summed E-state index contributed by atoms with van der Waals surface area (Å²) >= 11 is 0. The first-order chi connectivity index (χ1) is 19.4. The number of aliphatic hydroxyl groups excluding tert-OH is 1. The Hall–Kier alpha value is -1.59. The van der Waals surface area contributed by atoms with E-state index in [1.807, 2.05) is 13.0 Å². The summed E-state index contributed by atoms with van der Waals surface area (Å²) in [5.41, 5.74) is 3.00. The Morgan fingerprint density at radius 3 is 2.41 bits per heavy atom. The van der Waals surface area contributed by atoms with Crippen LogP contribution in [0.3, 0.4) is 0 Å². The van der Waals surface area contributed by atoms with Crippen molar-refractivity contribution in [2.45, 2.75) is 163 Å². The van der Waals surface area contributed by atoms with Gasteiger partial charge in [-0.15, -0.1) is 0 Å². The van der Waals surface area contributed by atoms with Crippen LogP contribution in [0.1, 0.15) is 151 Å². The lowest BCUT2D eigenvalue weighted by Crippen LogP contribution is -2.24. The van der Waals surface area contributed by atoms with Gasteiger partial charge >= 0.3 is 5.97 Å². The molecular formula is C36H64O5. The van der Waals surface area contributed by atoms with Crippen molar-refractivity contribution < 1.29 is 24.9 Å². The molecule has 0 saturated carbocycles. The van der Waals surface area contributed by atoms with Crippen LogP contribution in [0.25, 0.3) is 0 Å². The van der Waals surface area contributed by atoms with Gasteiger partial charge in [0.15, 0.2) is 0 Å². The minimum absolute atomic E-state index is 0.106. The molecule has 0 amide bonds. The molecule has 1 rings (SSSR count). The Morgan fingerprint density at radius 2 is 1.73 bits per heavy atom. The summed E-state index contributed by atoms with van der Waals surface area (Å²) in [6.07, 6.45) is 20.4. The van der Waals surface area contributed by atoms with E-state index in [0.29, 0.717) is 25.2 Å². The zero-order valence-corrected chi connectivity index (χ0v) is 27.6. The van der Waals surface area contributed by atoms with E-state index in [0.717, 1.165) is 57.3 Å². The van der Waals surface area contributed by atoms with Crippen molar-refractivity contribution in [2.24, 2.45) is 17.8 Å². The molecule has 0 heterocycles. The molecule has 3 N–H and O–H groups in total. The van der Waals surface area contributed by atoms with Gasteiger partial charge in [-0.1, -0.05) is 77.9 Å². The van der Waals surface area contributed by atoms with Crippen molar-refractivity contribution in [3.05, 3.63) is 34.6 Å². The number of ether oxygens (including phenoxy) is 1. The molecule has 41 heavy (non-hydrogen) atoms. The lowest BCUT2D eigenvalue weighted by atomic mass is 9.84. The van der Waals surface area contributed by atoms with Crippen molar-refractivity contribution in [1.29, 1.82) is 0 Å². The predicted molar refractivity (Wildman–Crippen MR) is 172 cm³/mol. The van der Waals surface area contributed by atoms with Crippen molar-refractivity contribution in [3.8, 4) is 0 Å². The average molecular weight is 577 g/mol. The van der Waals surface area contributed by atoms with Gasteiger partial charge in [0.1, 0.15) is 5.76 Å². The molecule has 0 aliphatic heterocycles. The average Bonchev–Trinajstić information content (AvgIpc) is 2.90. The van der Waals surface area contributed by atoms with Crippen LogP contribution in [0.2, 0.25) is 0 Å². The third-order valence-corrected chi connectivity index (χ3v) is 9.09. The van der Waals surface area contributed by atoms with Crippen LogP contribution >= 0.6 is 0 Å². The van der Waals surface area contributed by atoms with Crippen molar-refractivity contribution in [2.75, 3.05) is 6.61 Å². The van der Waals surface area contributed by atoms with Gasteiger partial charge in [-0.3, -0.25) is 4.79 Å². The molecule has 5 heteroatoms. The highest BCUT2D eigenvalue weighted by atomic mass is 16.5. The molecule has 238 valence electrons. The van der Waals surface area contributed by atoms with Crippen molar-refractivity contribution >= 4 is 5.97 Å². The number of aliphatic hydroxyl groups is 2. The summed E-state index contributed by atoms with van der Waals surface area (Å²) in [4.78, 5) is 11.0. The van der Waals surface area contributed by atoms with Crippen LogP contribution in [-0.2, 0) is 9.53 Å². The molecule has 1 aliphatic carbocycles. The number of allylic oxidation sites excluding steroid dienone is 3. The molecular weight excluding hydrogens is 512 g/mol. The minimum Gasteiger partial charge on any atom is -0.493 e. The second-order valence-electron chi connectivity index (χ2n) is 13.4. The topological polar surface area (TPSA) is 87.0 Å². The molecule has 0 aromatic carbocycles. The van der Waals surface area contributed by atoms with Crippen LogP contribution in [0.15, 0.2) is 34.6 Å². The fourth-order valence-corrected chi connectivity index (χ4v) is 5.65. The maximum atomic E-state index is 11.0. The molecule has 0 radical (unpaired) electrons. The molecule has 0 fully saturated rings. The van der Waals surface area contributed by atoms with Gasteiger partial charge in [-0.05, 0) is 108 Å². The van der Waals surface area contributed by atoms with Crippen LogP contribution in [-0.4, -0.2) is 39.6 Å².